The van der Waals surface area contributed by atoms with Crippen molar-refractivity contribution in [2.75, 3.05) is 0 Å². The molecule has 2 aliphatic rings. The Morgan fingerprint density at radius 1 is 0.651 bits per heavy atom. The Bertz CT molecular complexity index is 1310. The van der Waals surface area contributed by atoms with E-state index < -0.39 is 6.10 Å². The Balaban J connectivity index is 1.91. The minimum atomic E-state index is -0.766. The van der Waals surface area contributed by atoms with E-state index in [1.807, 2.05) is 13.0 Å². The molecule has 0 saturated heterocycles. The summed E-state index contributed by atoms with van der Waals surface area (Å²) in [7, 11) is 0. The summed E-state index contributed by atoms with van der Waals surface area (Å²) in [6, 6.07) is 0. The van der Waals surface area contributed by atoms with Crippen molar-refractivity contribution < 1.29 is 15.3 Å². The summed E-state index contributed by atoms with van der Waals surface area (Å²) >= 11 is 0. The molecule has 2 aliphatic carbocycles. The monoisotopic (exact) mass is 584 g/mol. The van der Waals surface area contributed by atoms with Gasteiger partial charge in [-0.2, -0.15) is 0 Å². The maximum Gasteiger partial charge on any atom is 0.120 e. The number of hydrogen-bond donors (Lipinski definition) is 3. The van der Waals surface area contributed by atoms with Crippen LogP contribution in [-0.4, -0.2) is 27.5 Å². The molecule has 2 rings (SSSR count). The van der Waals surface area contributed by atoms with E-state index in [0.717, 1.165) is 23.1 Å². The van der Waals surface area contributed by atoms with Gasteiger partial charge in [-0.3, -0.25) is 0 Å². The highest BCUT2D eigenvalue weighted by Gasteiger charge is 2.38. The molecule has 3 heteroatoms. The van der Waals surface area contributed by atoms with E-state index in [1.165, 1.54) is 16.7 Å². The van der Waals surface area contributed by atoms with Crippen LogP contribution in [0.4, 0.5) is 0 Å². The normalized spacial score (nSPS) is 28.0. The van der Waals surface area contributed by atoms with Gasteiger partial charge >= 0.3 is 0 Å². The Morgan fingerprint density at radius 3 is 1.56 bits per heavy atom. The molecule has 234 valence electrons. The van der Waals surface area contributed by atoms with Crippen molar-refractivity contribution in [3.05, 3.63) is 130 Å². The highest BCUT2D eigenvalue weighted by Crippen LogP contribution is 2.44. The van der Waals surface area contributed by atoms with Crippen LogP contribution in [0, 0.1) is 22.7 Å². The molecule has 4 atom stereocenters. The molecule has 0 bridgehead atoms. The molecule has 0 radical (unpaired) electrons. The Hall–Kier alpha value is -3.14. The predicted molar refractivity (Wildman–Crippen MR) is 186 cm³/mol. The van der Waals surface area contributed by atoms with Gasteiger partial charge in [0.05, 0.1) is 6.10 Å². The molecule has 0 aliphatic heterocycles. The first-order valence-corrected chi connectivity index (χ1v) is 15.6. The van der Waals surface area contributed by atoms with Crippen molar-refractivity contribution >= 4 is 0 Å². The maximum atomic E-state index is 10.2. The molecule has 3 N–H and O–H groups in total. The summed E-state index contributed by atoms with van der Waals surface area (Å²) < 4.78 is 0. The first kappa shape index (κ1) is 36.1. The molecule has 0 fully saturated rings. The van der Waals surface area contributed by atoms with Crippen LogP contribution in [0.2, 0.25) is 0 Å². The lowest BCUT2D eigenvalue weighted by atomic mass is 9.67. The van der Waals surface area contributed by atoms with Crippen LogP contribution in [0.3, 0.4) is 0 Å². The fourth-order valence-electron chi connectivity index (χ4n) is 6.13. The quantitative estimate of drug-likeness (QED) is 0.177. The van der Waals surface area contributed by atoms with Gasteiger partial charge in [-0.1, -0.05) is 147 Å². The molecule has 0 spiro atoms. The van der Waals surface area contributed by atoms with Crippen molar-refractivity contribution in [2.45, 2.75) is 94.3 Å². The van der Waals surface area contributed by atoms with Crippen LogP contribution in [-0.2, 0) is 0 Å². The first-order valence-electron chi connectivity index (χ1n) is 15.6. The van der Waals surface area contributed by atoms with Gasteiger partial charge in [-0.15, -0.1) is 0 Å². The Kier molecular flexibility index (Phi) is 13.5. The van der Waals surface area contributed by atoms with E-state index in [-0.39, 0.29) is 28.6 Å². The molecule has 0 saturated carbocycles. The van der Waals surface area contributed by atoms with Gasteiger partial charge in [0.25, 0.3) is 0 Å². The van der Waals surface area contributed by atoms with Gasteiger partial charge in [0.1, 0.15) is 11.9 Å². The second kappa shape index (κ2) is 16.1. The predicted octanol–water partition coefficient (Wildman–Crippen LogP) is 10.1. The second-order valence-electron chi connectivity index (χ2n) is 13.9. The smallest absolute Gasteiger partial charge is 0.120 e. The molecule has 0 aromatic rings. The molecule has 4 unspecified atom stereocenters. The largest absolute Gasteiger partial charge is 0.510 e. The third-order valence-electron chi connectivity index (χ3n) is 8.64. The first-order chi connectivity index (χ1) is 20.0. The van der Waals surface area contributed by atoms with Gasteiger partial charge in [-0.05, 0) is 70.8 Å². The van der Waals surface area contributed by atoms with Crippen LogP contribution >= 0.6 is 0 Å². The summed E-state index contributed by atoms with van der Waals surface area (Å²) in [6.45, 7) is 21.1. The topological polar surface area (TPSA) is 60.7 Å². The summed E-state index contributed by atoms with van der Waals surface area (Å²) in [4.78, 5) is 0. The summed E-state index contributed by atoms with van der Waals surface area (Å²) in [6.07, 6.45) is 31.8. The fourth-order valence-corrected chi connectivity index (χ4v) is 6.13. The summed E-state index contributed by atoms with van der Waals surface area (Å²) in [5.41, 5.74) is 6.68. The molecule has 0 heterocycles. The van der Waals surface area contributed by atoms with Crippen molar-refractivity contribution in [1.29, 1.82) is 0 Å². The van der Waals surface area contributed by atoms with Gasteiger partial charge in [0.2, 0.25) is 0 Å². The average Bonchev–Trinajstić information content (AvgIpc) is 2.88. The number of aliphatic hydroxyl groups is 3. The van der Waals surface area contributed by atoms with E-state index in [2.05, 4.69) is 147 Å². The van der Waals surface area contributed by atoms with Crippen LogP contribution < -0.4 is 0 Å². The molecule has 3 nitrogen and oxygen atoms in total. The highest BCUT2D eigenvalue weighted by molar-refractivity contribution is 5.33. The Morgan fingerprint density at radius 2 is 1.07 bits per heavy atom. The number of rotatable bonds is 10. The lowest BCUT2D eigenvalue weighted by Gasteiger charge is -2.39. The standard InChI is InChI=1S/C40H56O3/c1-28(17-13-19-30(3)21-23-35-32(5)25-34(41)26-39(35,7)8)15-11-12-16-29(2)18-14-20-31(4)22-24-36-33(6)38(43)37(42)27-40(36,9)10/h11-25,34-37,41-43H,26-27H2,1-10H3/b12-11+,17-13+,18-14+,23-21+,24-22+,28-15+,29-16+,30-19+,31-20+. The number of aliphatic hydroxyl groups excluding tert-OH is 3. The zero-order chi connectivity index (χ0) is 32.4. The molecular weight excluding hydrogens is 528 g/mol. The van der Waals surface area contributed by atoms with Crippen molar-refractivity contribution in [3.63, 3.8) is 0 Å². The van der Waals surface area contributed by atoms with Crippen molar-refractivity contribution in [1.82, 2.24) is 0 Å². The highest BCUT2D eigenvalue weighted by atomic mass is 16.3. The second-order valence-corrected chi connectivity index (χ2v) is 13.9. The van der Waals surface area contributed by atoms with E-state index in [9.17, 15) is 15.3 Å². The molecule has 43 heavy (non-hydrogen) atoms. The molecular formula is C40H56O3. The van der Waals surface area contributed by atoms with Crippen LogP contribution in [0.5, 0.6) is 0 Å². The third-order valence-corrected chi connectivity index (χ3v) is 8.64. The zero-order valence-electron chi connectivity index (χ0n) is 28.2. The lowest BCUT2D eigenvalue weighted by molar-refractivity contribution is 0.0668. The Labute approximate surface area is 262 Å². The minimum Gasteiger partial charge on any atom is -0.510 e. The van der Waals surface area contributed by atoms with Gasteiger partial charge in [-0.25, -0.2) is 0 Å². The van der Waals surface area contributed by atoms with Gasteiger partial charge < -0.3 is 15.3 Å². The van der Waals surface area contributed by atoms with E-state index >= 15 is 0 Å². The van der Waals surface area contributed by atoms with Gasteiger partial charge in [0.15, 0.2) is 0 Å². The SMILES string of the molecule is CC1=CC(O)CC(C)(C)C1/C=C/C(C)=C/C=C/C(C)=C/C=C/C=C(C)/C=C/C=C(C)/C=C/C1C(C)=C(O)C(O)CC1(C)C. The fraction of sp³-hybridized carbons (Fsp3) is 0.450. The van der Waals surface area contributed by atoms with Gasteiger partial charge in [0, 0.05) is 11.8 Å². The molecule has 0 aromatic heterocycles. The van der Waals surface area contributed by atoms with Crippen LogP contribution in [0.25, 0.3) is 0 Å². The van der Waals surface area contributed by atoms with Crippen LogP contribution in [0.1, 0.15) is 82.1 Å². The average molecular weight is 585 g/mol. The summed E-state index contributed by atoms with van der Waals surface area (Å²) in [5.74, 6) is 0.554. The number of allylic oxidation sites excluding steroid dienone is 20. The van der Waals surface area contributed by atoms with Crippen molar-refractivity contribution in [3.8, 4) is 0 Å². The third kappa shape index (κ3) is 11.5. The molecule has 0 aromatic carbocycles. The van der Waals surface area contributed by atoms with E-state index in [4.69, 9.17) is 0 Å². The van der Waals surface area contributed by atoms with Crippen molar-refractivity contribution in [2.24, 2.45) is 22.7 Å². The number of hydrogen-bond acceptors (Lipinski definition) is 3. The maximum absolute atomic E-state index is 10.2. The van der Waals surface area contributed by atoms with Crippen LogP contribution in [0.15, 0.2) is 130 Å². The summed E-state index contributed by atoms with van der Waals surface area (Å²) in [5, 5.41) is 30.4. The minimum absolute atomic E-state index is 0.0497. The lowest BCUT2D eigenvalue weighted by Crippen LogP contribution is -2.35. The zero-order valence-corrected chi connectivity index (χ0v) is 28.2. The van der Waals surface area contributed by atoms with E-state index in [0.29, 0.717) is 12.3 Å². The molecule has 0 amide bonds. The van der Waals surface area contributed by atoms with E-state index in [1.54, 1.807) is 0 Å².